The molecule has 0 aliphatic carbocycles. The van der Waals surface area contributed by atoms with Crippen molar-refractivity contribution in [3.63, 3.8) is 0 Å². The number of hydrogen-bond donors (Lipinski definition) is 2. The van der Waals surface area contributed by atoms with Crippen LogP contribution in [0, 0.1) is 10.1 Å². The van der Waals surface area contributed by atoms with E-state index in [4.69, 9.17) is 10.5 Å². The second kappa shape index (κ2) is 6.16. The number of nitrogens with zero attached hydrogens (tertiary/aromatic N) is 2. The highest BCUT2D eigenvalue weighted by Gasteiger charge is 2.34. The molecule has 142 valence electrons. The normalized spacial score (nSPS) is 14.7. The zero-order chi connectivity index (χ0) is 20.1. The van der Waals surface area contributed by atoms with E-state index in [1.54, 1.807) is 12.1 Å². The predicted molar refractivity (Wildman–Crippen MR) is 107 cm³/mol. The number of benzene rings is 3. The minimum atomic E-state index is -0.588. The van der Waals surface area contributed by atoms with Gasteiger partial charge in [-0.3, -0.25) is 19.9 Å². The van der Waals surface area contributed by atoms with Gasteiger partial charge in [-0.2, -0.15) is 4.98 Å². The Kier molecular flexibility index (Phi) is 3.60. The van der Waals surface area contributed by atoms with Crippen LogP contribution in [0.2, 0.25) is 0 Å². The van der Waals surface area contributed by atoms with E-state index in [0.29, 0.717) is 11.3 Å². The fraction of sp³-hybridized carbons (Fsp3) is 0.0476. The molecular weight excluding hydrogens is 372 g/mol. The molecule has 29 heavy (non-hydrogen) atoms. The first-order chi connectivity index (χ1) is 14.0. The molecule has 5 rings (SSSR count). The SMILES string of the molecule is Nc1nc2c(c(=O)[nH]1)C(c1cccc([N+](=O)[O-])c1)c1ccc3ccccc3c1O2. The number of nitro groups is 1. The number of nitro benzene ring substituents is 1. The molecule has 1 aromatic heterocycles. The van der Waals surface area contributed by atoms with E-state index in [9.17, 15) is 14.9 Å². The van der Waals surface area contributed by atoms with E-state index in [-0.39, 0.29) is 23.1 Å². The van der Waals surface area contributed by atoms with Crippen molar-refractivity contribution in [2.75, 3.05) is 5.73 Å². The first kappa shape index (κ1) is 16.9. The van der Waals surface area contributed by atoms with E-state index in [1.807, 2.05) is 36.4 Å². The monoisotopic (exact) mass is 386 g/mol. The molecule has 0 radical (unpaired) electrons. The fourth-order valence-corrected chi connectivity index (χ4v) is 3.83. The average Bonchev–Trinajstić information content (AvgIpc) is 2.72. The van der Waals surface area contributed by atoms with Crippen LogP contribution in [0.5, 0.6) is 11.6 Å². The van der Waals surface area contributed by atoms with Crippen molar-refractivity contribution in [2.45, 2.75) is 5.92 Å². The molecule has 8 heteroatoms. The summed E-state index contributed by atoms with van der Waals surface area (Å²) in [7, 11) is 0. The maximum Gasteiger partial charge on any atom is 0.269 e. The van der Waals surface area contributed by atoms with Crippen molar-refractivity contribution >= 4 is 22.4 Å². The van der Waals surface area contributed by atoms with E-state index < -0.39 is 16.4 Å². The van der Waals surface area contributed by atoms with Crippen molar-refractivity contribution in [3.8, 4) is 11.6 Å². The molecule has 0 saturated heterocycles. The third-order valence-electron chi connectivity index (χ3n) is 5.06. The molecule has 3 aromatic carbocycles. The van der Waals surface area contributed by atoms with E-state index in [1.165, 1.54) is 12.1 Å². The minimum Gasteiger partial charge on any atom is -0.437 e. The second-order valence-corrected chi connectivity index (χ2v) is 6.76. The molecule has 1 aliphatic rings. The lowest BCUT2D eigenvalue weighted by Crippen LogP contribution is -2.25. The Hall–Kier alpha value is -4.20. The summed E-state index contributed by atoms with van der Waals surface area (Å²) in [6.07, 6.45) is 0. The number of rotatable bonds is 2. The summed E-state index contributed by atoms with van der Waals surface area (Å²) < 4.78 is 6.04. The molecule has 2 heterocycles. The number of anilines is 1. The first-order valence-electron chi connectivity index (χ1n) is 8.86. The standard InChI is InChI=1S/C21H14N4O4/c22-21-23-19(26)17-16(12-5-3-6-13(10-12)25(27)28)15-9-8-11-4-1-2-7-14(11)18(15)29-20(17)24-21/h1-10,16H,(H3,22,23,24,26). The molecule has 3 N–H and O–H groups in total. The van der Waals surface area contributed by atoms with Gasteiger partial charge in [0.25, 0.3) is 11.2 Å². The summed E-state index contributed by atoms with van der Waals surface area (Å²) in [4.78, 5) is 30.3. The largest absolute Gasteiger partial charge is 0.437 e. The second-order valence-electron chi connectivity index (χ2n) is 6.76. The summed E-state index contributed by atoms with van der Waals surface area (Å²) in [5.41, 5.74) is 6.82. The fourth-order valence-electron chi connectivity index (χ4n) is 3.83. The zero-order valence-corrected chi connectivity index (χ0v) is 15.0. The highest BCUT2D eigenvalue weighted by Crippen LogP contribution is 2.48. The van der Waals surface area contributed by atoms with Crippen LogP contribution in [0.15, 0.2) is 65.5 Å². The Labute approximate surface area is 163 Å². The maximum atomic E-state index is 12.8. The van der Waals surface area contributed by atoms with Crippen LogP contribution in [-0.4, -0.2) is 14.9 Å². The number of nitrogens with one attached hydrogen (secondary N) is 1. The summed E-state index contributed by atoms with van der Waals surface area (Å²) in [5.74, 6) is 0.0153. The number of nitrogen functional groups attached to an aromatic ring is 1. The quantitative estimate of drug-likeness (QED) is 0.352. The lowest BCUT2D eigenvalue weighted by Gasteiger charge is -2.28. The van der Waals surface area contributed by atoms with Crippen LogP contribution < -0.4 is 16.0 Å². The van der Waals surface area contributed by atoms with Gasteiger partial charge in [-0.25, -0.2) is 0 Å². The molecule has 8 nitrogen and oxygen atoms in total. The summed E-state index contributed by atoms with van der Waals surface area (Å²) in [6, 6.07) is 17.7. The van der Waals surface area contributed by atoms with Gasteiger partial charge in [0.1, 0.15) is 5.75 Å². The van der Waals surface area contributed by atoms with Crippen molar-refractivity contribution < 1.29 is 9.66 Å². The van der Waals surface area contributed by atoms with Gasteiger partial charge in [0.15, 0.2) is 0 Å². The van der Waals surface area contributed by atoms with Crippen LogP contribution >= 0.6 is 0 Å². The average molecular weight is 386 g/mol. The minimum absolute atomic E-state index is 0.0577. The number of aromatic nitrogens is 2. The molecule has 1 unspecified atom stereocenters. The number of hydrogen-bond acceptors (Lipinski definition) is 6. The number of ether oxygens (including phenoxy) is 1. The topological polar surface area (TPSA) is 124 Å². The zero-order valence-electron chi connectivity index (χ0n) is 15.0. The molecule has 1 atom stereocenters. The number of aromatic amines is 1. The Balaban J connectivity index is 1.85. The van der Waals surface area contributed by atoms with Gasteiger partial charge < -0.3 is 10.5 Å². The Morgan fingerprint density at radius 2 is 1.93 bits per heavy atom. The number of non-ortho nitro benzene ring substituents is 1. The Bertz CT molecular complexity index is 1360. The third kappa shape index (κ3) is 2.61. The summed E-state index contributed by atoms with van der Waals surface area (Å²) >= 11 is 0. The van der Waals surface area contributed by atoms with Gasteiger partial charge in [0, 0.05) is 29.0 Å². The summed E-state index contributed by atoms with van der Waals surface area (Å²) in [6.45, 7) is 0. The van der Waals surface area contributed by atoms with Crippen molar-refractivity contribution in [1.29, 1.82) is 0 Å². The number of nitrogens with two attached hydrogens (primary N) is 1. The van der Waals surface area contributed by atoms with Crippen molar-refractivity contribution in [2.24, 2.45) is 0 Å². The van der Waals surface area contributed by atoms with Crippen LogP contribution in [0.25, 0.3) is 10.8 Å². The number of fused-ring (bicyclic) bond motifs is 4. The van der Waals surface area contributed by atoms with E-state index in [0.717, 1.165) is 16.3 Å². The molecule has 1 aliphatic heterocycles. The lowest BCUT2D eigenvalue weighted by atomic mass is 9.83. The van der Waals surface area contributed by atoms with E-state index in [2.05, 4.69) is 9.97 Å². The molecule has 0 bridgehead atoms. The molecule has 0 spiro atoms. The first-order valence-corrected chi connectivity index (χ1v) is 8.86. The van der Waals surface area contributed by atoms with Gasteiger partial charge in [0.05, 0.1) is 10.5 Å². The summed E-state index contributed by atoms with van der Waals surface area (Å²) in [5, 5.41) is 13.1. The van der Waals surface area contributed by atoms with Crippen molar-refractivity contribution in [1.82, 2.24) is 9.97 Å². The van der Waals surface area contributed by atoms with Gasteiger partial charge in [0.2, 0.25) is 11.8 Å². The van der Waals surface area contributed by atoms with Gasteiger partial charge >= 0.3 is 0 Å². The predicted octanol–water partition coefficient (Wildman–Crippen LogP) is 3.70. The Morgan fingerprint density at radius 3 is 2.76 bits per heavy atom. The highest BCUT2D eigenvalue weighted by atomic mass is 16.6. The van der Waals surface area contributed by atoms with Gasteiger partial charge in [-0.05, 0) is 10.9 Å². The molecule has 4 aromatic rings. The highest BCUT2D eigenvalue weighted by molar-refractivity contribution is 5.91. The van der Waals surface area contributed by atoms with E-state index >= 15 is 0 Å². The van der Waals surface area contributed by atoms with Crippen LogP contribution in [0.3, 0.4) is 0 Å². The maximum absolute atomic E-state index is 12.8. The molecule has 0 saturated carbocycles. The van der Waals surface area contributed by atoms with Crippen molar-refractivity contribution in [3.05, 3.63) is 97.8 Å². The van der Waals surface area contributed by atoms with Gasteiger partial charge in [-0.15, -0.1) is 0 Å². The molecule has 0 amide bonds. The van der Waals surface area contributed by atoms with Crippen LogP contribution in [-0.2, 0) is 0 Å². The van der Waals surface area contributed by atoms with Crippen LogP contribution in [0.1, 0.15) is 22.6 Å². The lowest BCUT2D eigenvalue weighted by molar-refractivity contribution is -0.384. The third-order valence-corrected chi connectivity index (χ3v) is 5.06. The van der Waals surface area contributed by atoms with Gasteiger partial charge in [-0.1, -0.05) is 48.5 Å². The molecule has 0 fully saturated rings. The smallest absolute Gasteiger partial charge is 0.269 e. The van der Waals surface area contributed by atoms with Crippen LogP contribution in [0.4, 0.5) is 11.6 Å². The Morgan fingerprint density at radius 1 is 1.10 bits per heavy atom. The number of H-pyrrole nitrogens is 1. The molecular formula is C21H14N4O4.